The Morgan fingerprint density at radius 3 is 2.41 bits per heavy atom. The molecule has 1 aromatic heterocycles. The lowest BCUT2D eigenvalue weighted by Crippen LogP contribution is -2.20. The van der Waals surface area contributed by atoms with Crippen LogP contribution in [0.5, 0.6) is 23.1 Å². The van der Waals surface area contributed by atoms with Gasteiger partial charge in [0.25, 0.3) is 0 Å². The van der Waals surface area contributed by atoms with Crippen LogP contribution in [0.2, 0.25) is 0 Å². The fraction of sp³-hybridized carbons (Fsp3) is 0.375. The largest absolute Gasteiger partial charge is 0.493 e. The molecule has 4 rings (SSSR count). The number of rotatable bonds is 6. The van der Waals surface area contributed by atoms with Crippen LogP contribution in [0.15, 0.2) is 30.6 Å². The maximum atomic E-state index is 12.3. The third-order valence-corrected chi connectivity index (χ3v) is 5.86. The number of ether oxygens (including phenoxy) is 4. The lowest BCUT2D eigenvalue weighted by atomic mass is 10.1. The zero-order valence-corrected chi connectivity index (χ0v) is 18.7. The predicted molar refractivity (Wildman–Crippen MR) is 121 cm³/mol. The third-order valence-electron chi connectivity index (χ3n) is 5.86. The van der Waals surface area contributed by atoms with Crippen molar-refractivity contribution < 1.29 is 23.7 Å². The van der Waals surface area contributed by atoms with Gasteiger partial charge in [0.05, 0.1) is 25.1 Å². The minimum absolute atomic E-state index is 0.0145. The van der Waals surface area contributed by atoms with Gasteiger partial charge < -0.3 is 18.9 Å². The number of nitrogens with zero attached hydrogens (tertiary/aromatic N) is 2. The summed E-state index contributed by atoms with van der Waals surface area (Å²) in [7, 11) is 3.15. The Morgan fingerprint density at radius 2 is 1.69 bits per heavy atom. The first kappa shape index (κ1) is 21.7. The van der Waals surface area contributed by atoms with E-state index in [0.29, 0.717) is 39.7 Å². The van der Waals surface area contributed by atoms with Gasteiger partial charge >= 0.3 is 6.09 Å². The van der Waals surface area contributed by atoms with Crippen LogP contribution >= 0.6 is 0 Å². The minimum Gasteiger partial charge on any atom is -0.493 e. The van der Waals surface area contributed by atoms with Gasteiger partial charge in [0.1, 0.15) is 18.2 Å². The molecule has 0 radical (unpaired) electrons. The summed E-state index contributed by atoms with van der Waals surface area (Å²) < 4.78 is 22.4. The normalized spacial score (nSPS) is 13.8. The van der Waals surface area contributed by atoms with Gasteiger partial charge in [0.15, 0.2) is 11.5 Å². The zero-order chi connectivity index (χ0) is 22.7. The Hall–Kier alpha value is -3.55. The summed E-state index contributed by atoms with van der Waals surface area (Å²) in [6.45, 7) is 3.87. The molecular weight excluding hydrogens is 410 g/mol. The van der Waals surface area contributed by atoms with Gasteiger partial charge in [0, 0.05) is 11.8 Å². The number of fused-ring (bicyclic) bond motifs is 1. The average Bonchev–Trinajstić information content (AvgIpc) is 3.30. The smallest absolute Gasteiger partial charge is 0.411 e. The first-order valence-electron chi connectivity index (χ1n) is 10.6. The monoisotopic (exact) mass is 437 g/mol. The second-order valence-corrected chi connectivity index (χ2v) is 7.80. The van der Waals surface area contributed by atoms with Crippen molar-refractivity contribution >= 4 is 22.7 Å². The molecule has 1 saturated carbocycles. The molecule has 32 heavy (non-hydrogen) atoms. The summed E-state index contributed by atoms with van der Waals surface area (Å²) in [5.74, 6) is 2.18. The number of nitrogens with one attached hydrogen (secondary N) is 1. The SMILES string of the molecule is COc1cc2ncnc(Oc3ccc(NC(=O)OC4CCCC4)c(C)c3C)c2cc1OC. The second-order valence-electron chi connectivity index (χ2n) is 7.80. The Morgan fingerprint density at radius 1 is 0.969 bits per heavy atom. The molecule has 1 aliphatic rings. The van der Waals surface area contributed by atoms with E-state index in [1.165, 1.54) is 6.33 Å². The molecule has 0 saturated heterocycles. The van der Waals surface area contributed by atoms with Gasteiger partial charge in [-0.25, -0.2) is 14.8 Å². The van der Waals surface area contributed by atoms with Crippen LogP contribution in [0.25, 0.3) is 10.9 Å². The van der Waals surface area contributed by atoms with Crippen LogP contribution < -0.4 is 19.5 Å². The molecule has 3 aromatic rings. The van der Waals surface area contributed by atoms with Crippen molar-refractivity contribution in [2.75, 3.05) is 19.5 Å². The van der Waals surface area contributed by atoms with E-state index in [2.05, 4.69) is 15.3 Å². The van der Waals surface area contributed by atoms with E-state index in [9.17, 15) is 4.79 Å². The number of hydrogen-bond acceptors (Lipinski definition) is 7. The molecule has 8 nitrogen and oxygen atoms in total. The highest BCUT2D eigenvalue weighted by Crippen LogP contribution is 2.37. The predicted octanol–water partition coefficient (Wildman–Crippen LogP) is 5.55. The molecule has 1 aliphatic carbocycles. The van der Waals surface area contributed by atoms with Crippen LogP contribution in [0.3, 0.4) is 0 Å². The van der Waals surface area contributed by atoms with E-state index >= 15 is 0 Å². The number of aromatic nitrogens is 2. The van der Waals surface area contributed by atoms with Crippen molar-refractivity contribution in [3.05, 3.63) is 41.7 Å². The van der Waals surface area contributed by atoms with Gasteiger partial charge in [-0.1, -0.05) is 0 Å². The Balaban J connectivity index is 1.57. The van der Waals surface area contributed by atoms with E-state index in [0.717, 1.165) is 36.8 Å². The molecule has 0 atom stereocenters. The molecule has 1 amide bonds. The fourth-order valence-electron chi connectivity index (χ4n) is 3.88. The first-order valence-corrected chi connectivity index (χ1v) is 10.6. The fourth-order valence-corrected chi connectivity index (χ4v) is 3.88. The summed E-state index contributed by atoms with van der Waals surface area (Å²) in [4.78, 5) is 20.9. The molecule has 2 aromatic carbocycles. The molecule has 1 fully saturated rings. The molecule has 0 unspecified atom stereocenters. The highest BCUT2D eigenvalue weighted by Gasteiger charge is 2.20. The molecule has 8 heteroatoms. The highest BCUT2D eigenvalue weighted by atomic mass is 16.6. The van der Waals surface area contributed by atoms with Crippen molar-refractivity contribution in [2.45, 2.75) is 45.6 Å². The van der Waals surface area contributed by atoms with Gasteiger partial charge in [-0.3, -0.25) is 5.32 Å². The number of amides is 1. The number of hydrogen-bond donors (Lipinski definition) is 1. The lowest BCUT2D eigenvalue weighted by molar-refractivity contribution is 0.114. The van der Waals surface area contributed by atoms with Crippen molar-refractivity contribution in [3.8, 4) is 23.1 Å². The van der Waals surface area contributed by atoms with Crippen molar-refractivity contribution in [2.24, 2.45) is 0 Å². The van der Waals surface area contributed by atoms with E-state index in [4.69, 9.17) is 18.9 Å². The van der Waals surface area contributed by atoms with Crippen LogP contribution in [0.1, 0.15) is 36.8 Å². The van der Waals surface area contributed by atoms with E-state index in [1.54, 1.807) is 32.4 Å². The maximum Gasteiger partial charge on any atom is 0.411 e. The summed E-state index contributed by atoms with van der Waals surface area (Å²) in [5, 5.41) is 3.55. The summed E-state index contributed by atoms with van der Waals surface area (Å²) in [5.41, 5.74) is 3.14. The van der Waals surface area contributed by atoms with Crippen LogP contribution in [0, 0.1) is 13.8 Å². The Kier molecular flexibility index (Phi) is 6.30. The molecule has 1 N–H and O–H groups in total. The quantitative estimate of drug-likeness (QED) is 0.541. The van der Waals surface area contributed by atoms with Crippen LogP contribution in [0.4, 0.5) is 10.5 Å². The molecule has 0 spiro atoms. The zero-order valence-electron chi connectivity index (χ0n) is 18.7. The third kappa shape index (κ3) is 4.39. The summed E-state index contributed by atoms with van der Waals surface area (Å²) >= 11 is 0. The topological polar surface area (TPSA) is 91.8 Å². The van der Waals surface area contributed by atoms with Gasteiger partial charge in [-0.15, -0.1) is 0 Å². The molecule has 0 aliphatic heterocycles. The van der Waals surface area contributed by atoms with E-state index < -0.39 is 6.09 Å². The van der Waals surface area contributed by atoms with Gasteiger partial charge in [-0.05, 0) is 68.9 Å². The van der Waals surface area contributed by atoms with E-state index in [-0.39, 0.29) is 6.10 Å². The highest BCUT2D eigenvalue weighted by molar-refractivity contribution is 5.88. The standard InChI is InChI=1S/C24H27N3O5/c1-14-15(2)20(10-9-18(14)27-24(28)31-16-7-5-6-8-16)32-23-17-11-21(29-3)22(30-4)12-19(17)25-13-26-23/h9-13,16H,5-8H2,1-4H3,(H,27,28). The molecule has 1 heterocycles. The number of methoxy groups -OCH3 is 2. The molecule has 168 valence electrons. The van der Waals surface area contributed by atoms with Crippen molar-refractivity contribution in [1.29, 1.82) is 0 Å². The average molecular weight is 437 g/mol. The van der Waals surface area contributed by atoms with Gasteiger partial charge in [-0.2, -0.15) is 0 Å². The first-order chi connectivity index (χ1) is 15.5. The van der Waals surface area contributed by atoms with Crippen molar-refractivity contribution in [1.82, 2.24) is 9.97 Å². The van der Waals surface area contributed by atoms with Crippen molar-refractivity contribution in [3.63, 3.8) is 0 Å². The van der Waals surface area contributed by atoms with Crippen LogP contribution in [-0.4, -0.2) is 36.4 Å². The summed E-state index contributed by atoms with van der Waals surface area (Å²) in [6, 6.07) is 7.19. The minimum atomic E-state index is -0.420. The summed E-state index contributed by atoms with van der Waals surface area (Å²) in [6.07, 6.45) is 5.12. The number of anilines is 1. The second kappa shape index (κ2) is 9.30. The van der Waals surface area contributed by atoms with E-state index in [1.807, 2.05) is 19.9 Å². The maximum absolute atomic E-state index is 12.3. The molecule has 0 bridgehead atoms. The lowest BCUT2D eigenvalue weighted by Gasteiger charge is -2.17. The Labute approximate surface area is 186 Å². The van der Waals surface area contributed by atoms with Crippen LogP contribution in [-0.2, 0) is 4.74 Å². The van der Waals surface area contributed by atoms with Gasteiger partial charge in [0.2, 0.25) is 5.88 Å². The number of benzene rings is 2. The number of carbonyl (C=O) groups is 1. The Bertz CT molecular complexity index is 1140. The molecular formula is C24H27N3O5. The number of carbonyl (C=O) groups excluding carboxylic acids is 1.